The normalized spacial score (nSPS) is 10.2. The third-order valence-electron chi connectivity index (χ3n) is 2.67. The van der Waals surface area contributed by atoms with Gasteiger partial charge in [0.2, 0.25) is 5.88 Å². The van der Waals surface area contributed by atoms with Crippen LogP contribution in [0.25, 0.3) is 0 Å². The van der Waals surface area contributed by atoms with Gasteiger partial charge >= 0.3 is 0 Å². The molecule has 1 amide bonds. The summed E-state index contributed by atoms with van der Waals surface area (Å²) in [6, 6.07) is 6.66. The van der Waals surface area contributed by atoms with E-state index in [9.17, 15) is 4.79 Å². The summed E-state index contributed by atoms with van der Waals surface area (Å²) >= 11 is 0. The van der Waals surface area contributed by atoms with E-state index >= 15 is 0 Å². The quantitative estimate of drug-likeness (QED) is 0.813. The standard InChI is InChI=1S/C13H14N4O2/c1-7-6-11(8(2)5-9(7)14)19-12-4-3-10(13(15)18)16-17-12/h3-6H,14H2,1-2H3,(H2,15,18). The van der Waals surface area contributed by atoms with Gasteiger partial charge in [0.15, 0.2) is 5.69 Å². The number of nitrogens with two attached hydrogens (primary N) is 2. The molecule has 2 rings (SSSR count). The lowest BCUT2D eigenvalue weighted by Gasteiger charge is -2.10. The Balaban J connectivity index is 2.26. The van der Waals surface area contributed by atoms with Crippen LogP contribution in [-0.2, 0) is 0 Å². The fourth-order valence-corrected chi connectivity index (χ4v) is 1.54. The zero-order chi connectivity index (χ0) is 14.0. The number of ether oxygens (including phenoxy) is 1. The summed E-state index contributed by atoms with van der Waals surface area (Å²) < 4.78 is 5.60. The third kappa shape index (κ3) is 2.79. The number of carbonyl (C=O) groups excluding carboxylic acids is 1. The fourth-order valence-electron chi connectivity index (χ4n) is 1.54. The second kappa shape index (κ2) is 4.93. The van der Waals surface area contributed by atoms with Crippen LogP contribution < -0.4 is 16.2 Å². The number of nitrogens with zero attached hydrogens (tertiary/aromatic N) is 2. The van der Waals surface area contributed by atoms with Gasteiger partial charge in [0, 0.05) is 11.8 Å². The largest absolute Gasteiger partial charge is 0.437 e. The molecule has 19 heavy (non-hydrogen) atoms. The Morgan fingerprint density at radius 3 is 2.47 bits per heavy atom. The van der Waals surface area contributed by atoms with Crippen molar-refractivity contribution in [1.29, 1.82) is 0 Å². The highest BCUT2D eigenvalue weighted by molar-refractivity contribution is 5.90. The van der Waals surface area contributed by atoms with Crippen molar-refractivity contribution in [2.24, 2.45) is 5.73 Å². The minimum absolute atomic E-state index is 0.0950. The molecule has 0 radical (unpaired) electrons. The van der Waals surface area contributed by atoms with Gasteiger partial charge in [0.25, 0.3) is 5.91 Å². The summed E-state index contributed by atoms with van der Waals surface area (Å²) in [5, 5.41) is 7.45. The fraction of sp³-hybridized carbons (Fsp3) is 0.154. The zero-order valence-corrected chi connectivity index (χ0v) is 10.7. The van der Waals surface area contributed by atoms with E-state index in [1.807, 2.05) is 26.0 Å². The van der Waals surface area contributed by atoms with Crippen LogP contribution in [0.1, 0.15) is 21.6 Å². The van der Waals surface area contributed by atoms with Gasteiger partial charge in [-0.3, -0.25) is 4.79 Å². The van der Waals surface area contributed by atoms with Crippen LogP contribution in [0.2, 0.25) is 0 Å². The van der Waals surface area contributed by atoms with E-state index in [1.165, 1.54) is 12.1 Å². The first kappa shape index (κ1) is 12.8. The van der Waals surface area contributed by atoms with Crippen molar-refractivity contribution in [1.82, 2.24) is 10.2 Å². The first-order valence-corrected chi connectivity index (χ1v) is 5.65. The smallest absolute Gasteiger partial charge is 0.269 e. The van der Waals surface area contributed by atoms with Gasteiger partial charge < -0.3 is 16.2 Å². The molecule has 6 heteroatoms. The third-order valence-corrected chi connectivity index (χ3v) is 2.67. The number of nitrogen functional groups attached to an aromatic ring is 1. The summed E-state index contributed by atoms with van der Waals surface area (Å²) in [5.41, 5.74) is 13.5. The molecule has 0 aliphatic carbocycles. The molecule has 0 fully saturated rings. The Morgan fingerprint density at radius 2 is 1.89 bits per heavy atom. The number of carbonyl (C=O) groups is 1. The molecule has 0 aliphatic rings. The second-order valence-corrected chi connectivity index (χ2v) is 4.20. The summed E-state index contributed by atoms with van der Waals surface area (Å²) in [4.78, 5) is 10.9. The number of rotatable bonds is 3. The number of benzene rings is 1. The average Bonchev–Trinajstić information content (AvgIpc) is 2.36. The van der Waals surface area contributed by atoms with Crippen LogP contribution in [0, 0.1) is 13.8 Å². The molecular formula is C13H14N4O2. The van der Waals surface area contributed by atoms with Crippen molar-refractivity contribution >= 4 is 11.6 Å². The molecule has 1 heterocycles. The van der Waals surface area contributed by atoms with Crippen LogP contribution >= 0.6 is 0 Å². The SMILES string of the molecule is Cc1cc(Oc2ccc(C(N)=O)nn2)c(C)cc1N. The molecule has 0 unspecified atom stereocenters. The average molecular weight is 258 g/mol. The Morgan fingerprint density at radius 1 is 1.16 bits per heavy atom. The summed E-state index contributed by atoms with van der Waals surface area (Å²) in [7, 11) is 0. The molecule has 4 N–H and O–H groups in total. The molecule has 0 atom stereocenters. The van der Waals surface area contributed by atoms with Gasteiger partial charge in [-0.25, -0.2) is 0 Å². The van der Waals surface area contributed by atoms with Crippen molar-refractivity contribution in [3.05, 3.63) is 41.1 Å². The van der Waals surface area contributed by atoms with Crippen LogP contribution in [0.15, 0.2) is 24.3 Å². The highest BCUT2D eigenvalue weighted by Gasteiger charge is 2.07. The summed E-state index contributed by atoms with van der Waals surface area (Å²) in [6.07, 6.45) is 0. The Labute approximate surface area is 110 Å². The molecular weight excluding hydrogens is 244 g/mol. The Kier molecular flexibility index (Phi) is 3.33. The van der Waals surface area contributed by atoms with Gasteiger partial charge in [-0.1, -0.05) is 0 Å². The van der Waals surface area contributed by atoms with Crippen LogP contribution in [0.3, 0.4) is 0 Å². The lowest BCUT2D eigenvalue weighted by Crippen LogP contribution is -2.13. The van der Waals surface area contributed by atoms with Crippen molar-refractivity contribution in [2.75, 3.05) is 5.73 Å². The van der Waals surface area contributed by atoms with Crippen LogP contribution in [0.4, 0.5) is 5.69 Å². The number of anilines is 1. The Bertz CT molecular complexity index is 623. The van der Waals surface area contributed by atoms with Gasteiger partial charge in [0.05, 0.1) is 0 Å². The predicted molar refractivity (Wildman–Crippen MR) is 71.0 cm³/mol. The molecule has 1 aromatic carbocycles. The maximum atomic E-state index is 10.9. The van der Waals surface area contributed by atoms with E-state index in [0.29, 0.717) is 11.4 Å². The van der Waals surface area contributed by atoms with Gasteiger partial charge in [-0.15, -0.1) is 10.2 Å². The van der Waals surface area contributed by atoms with Crippen molar-refractivity contribution in [3.63, 3.8) is 0 Å². The number of amides is 1. The van der Waals surface area contributed by atoms with E-state index in [0.717, 1.165) is 11.1 Å². The number of hydrogen-bond acceptors (Lipinski definition) is 5. The lowest BCUT2D eigenvalue weighted by molar-refractivity contribution is 0.0994. The molecule has 0 aliphatic heterocycles. The number of aromatic nitrogens is 2. The number of primary amides is 1. The highest BCUT2D eigenvalue weighted by atomic mass is 16.5. The minimum Gasteiger partial charge on any atom is -0.437 e. The van der Waals surface area contributed by atoms with Crippen LogP contribution in [-0.4, -0.2) is 16.1 Å². The monoisotopic (exact) mass is 258 g/mol. The minimum atomic E-state index is -0.626. The molecule has 98 valence electrons. The zero-order valence-electron chi connectivity index (χ0n) is 10.7. The molecule has 1 aromatic heterocycles. The summed E-state index contributed by atoms with van der Waals surface area (Å²) in [5.74, 6) is 0.309. The molecule has 2 aromatic rings. The highest BCUT2D eigenvalue weighted by Crippen LogP contribution is 2.27. The Hall–Kier alpha value is -2.63. The maximum Gasteiger partial charge on any atom is 0.269 e. The van der Waals surface area contributed by atoms with Crippen molar-refractivity contribution < 1.29 is 9.53 Å². The molecule has 0 bridgehead atoms. The maximum absolute atomic E-state index is 10.9. The van der Waals surface area contributed by atoms with Crippen molar-refractivity contribution in [3.8, 4) is 11.6 Å². The van der Waals surface area contributed by atoms with Crippen LogP contribution in [0.5, 0.6) is 11.6 Å². The van der Waals surface area contributed by atoms with E-state index < -0.39 is 5.91 Å². The van der Waals surface area contributed by atoms with Gasteiger partial charge in [0.1, 0.15) is 5.75 Å². The molecule has 0 saturated heterocycles. The number of hydrogen-bond donors (Lipinski definition) is 2. The lowest BCUT2D eigenvalue weighted by atomic mass is 10.1. The van der Waals surface area contributed by atoms with E-state index in [1.54, 1.807) is 0 Å². The molecule has 0 spiro atoms. The molecule has 6 nitrogen and oxygen atoms in total. The van der Waals surface area contributed by atoms with Gasteiger partial charge in [-0.05, 0) is 43.2 Å². The predicted octanol–water partition coefficient (Wildman–Crippen LogP) is 1.57. The van der Waals surface area contributed by atoms with Gasteiger partial charge in [-0.2, -0.15) is 0 Å². The van der Waals surface area contributed by atoms with E-state index in [-0.39, 0.29) is 11.6 Å². The second-order valence-electron chi connectivity index (χ2n) is 4.20. The van der Waals surface area contributed by atoms with Crippen molar-refractivity contribution in [2.45, 2.75) is 13.8 Å². The first-order chi connectivity index (χ1) is 8.97. The number of aryl methyl sites for hydroxylation is 2. The topological polar surface area (TPSA) is 104 Å². The van der Waals surface area contributed by atoms with E-state index in [4.69, 9.17) is 16.2 Å². The summed E-state index contributed by atoms with van der Waals surface area (Å²) in [6.45, 7) is 3.78. The van der Waals surface area contributed by atoms with E-state index in [2.05, 4.69) is 10.2 Å². The first-order valence-electron chi connectivity index (χ1n) is 5.65. The molecule has 0 saturated carbocycles.